The number of nitrogens with zero attached hydrogens (tertiary/aromatic N) is 1. The second kappa shape index (κ2) is 6.40. The zero-order valence-corrected chi connectivity index (χ0v) is 14.0. The summed E-state index contributed by atoms with van der Waals surface area (Å²) in [4.78, 5) is 16.7. The number of aliphatic imine (C=N–C) groups is 1. The number of H-pyrrole nitrogens is 2. The Morgan fingerprint density at radius 2 is 1.84 bits per heavy atom. The number of aromatic amines is 2. The zero-order chi connectivity index (χ0) is 17.2. The highest BCUT2D eigenvalue weighted by Gasteiger charge is 2.16. The summed E-state index contributed by atoms with van der Waals surface area (Å²) in [5, 5.41) is 5.74. The number of aromatic nitrogens is 2. The third-order valence-electron chi connectivity index (χ3n) is 4.58. The first kappa shape index (κ1) is 15.4. The van der Waals surface area contributed by atoms with Gasteiger partial charge in [0.25, 0.3) is 5.56 Å². The van der Waals surface area contributed by atoms with Gasteiger partial charge in [0.15, 0.2) is 0 Å². The highest BCUT2D eigenvalue weighted by molar-refractivity contribution is 6.21. The van der Waals surface area contributed by atoms with Crippen molar-refractivity contribution in [2.45, 2.75) is 19.8 Å². The van der Waals surface area contributed by atoms with Gasteiger partial charge in [0.05, 0.1) is 11.3 Å². The van der Waals surface area contributed by atoms with Crippen LogP contribution in [0, 0.1) is 6.92 Å². The molecule has 25 heavy (non-hydrogen) atoms. The molecule has 2 N–H and O–H groups in total. The van der Waals surface area contributed by atoms with Crippen LogP contribution in [-0.4, -0.2) is 16.4 Å². The van der Waals surface area contributed by atoms with E-state index in [1.807, 2.05) is 55.6 Å². The minimum absolute atomic E-state index is 0.0925. The largest absolute Gasteiger partial charge is 0.302 e. The van der Waals surface area contributed by atoms with Crippen LogP contribution in [0.15, 0.2) is 58.3 Å². The Labute approximate surface area is 145 Å². The molecule has 0 spiro atoms. The fourth-order valence-corrected chi connectivity index (χ4v) is 3.21. The van der Waals surface area contributed by atoms with Crippen molar-refractivity contribution in [1.29, 1.82) is 0 Å². The average molecular weight is 329 g/mol. The fourth-order valence-electron chi connectivity index (χ4n) is 3.21. The van der Waals surface area contributed by atoms with Gasteiger partial charge in [0.1, 0.15) is 0 Å². The maximum Gasteiger partial charge on any atom is 0.271 e. The van der Waals surface area contributed by atoms with Crippen molar-refractivity contribution in [3.05, 3.63) is 86.8 Å². The molecule has 2 aromatic carbocycles. The first-order valence-electron chi connectivity index (χ1n) is 8.41. The summed E-state index contributed by atoms with van der Waals surface area (Å²) in [6.45, 7) is 2.05. The van der Waals surface area contributed by atoms with E-state index in [4.69, 9.17) is 0 Å². The van der Waals surface area contributed by atoms with E-state index in [1.54, 1.807) is 0 Å². The number of allylic oxidation sites excluding steroid dienone is 1. The smallest absolute Gasteiger partial charge is 0.271 e. The maximum absolute atomic E-state index is 12.2. The topological polar surface area (TPSA) is 61.0 Å². The first-order chi connectivity index (χ1) is 12.2. The third-order valence-corrected chi connectivity index (χ3v) is 4.58. The van der Waals surface area contributed by atoms with Crippen LogP contribution in [0.5, 0.6) is 0 Å². The van der Waals surface area contributed by atoms with Gasteiger partial charge in [-0.05, 0) is 37.0 Å². The normalized spacial score (nSPS) is 14.2. The summed E-state index contributed by atoms with van der Waals surface area (Å²) in [6, 6.07) is 16.4. The number of rotatable bonds is 4. The maximum atomic E-state index is 12.2. The van der Waals surface area contributed by atoms with Crippen molar-refractivity contribution < 1.29 is 0 Å². The lowest BCUT2D eigenvalue weighted by atomic mass is 10.0. The summed E-state index contributed by atoms with van der Waals surface area (Å²) in [5.74, 6) is 0. The molecular weight excluding hydrogens is 310 g/mol. The molecule has 124 valence electrons. The van der Waals surface area contributed by atoms with Gasteiger partial charge >= 0.3 is 0 Å². The van der Waals surface area contributed by atoms with Gasteiger partial charge in [-0.2, -0.15) is 0 Å². The molecular formula is C21H19N3O. The summed E-state index contributed by atoms with van der Waals surface area (Å²) in [5.41, 5.74) is 6.97. The lowest BCUT2D eigenvalue weighted by molar-refractivity contribution is 0.889. The molecule has 4 nitrogen and oxygen atoms in total. The van der Waals surface area contributed by atoms with E-state index in [0.29, 0.717) is 5.56 Å². The number of nitrogens with one attached hydrogen (secondary N) is 2. The highest BCUT2D eigenvalue weighted by Crippen LogP contribution is 2.35. The van der Waals surface area contributed by atoms with Crippen molar-refractivity contribution in [3.63, 3.8) is 0 Å². The van der Waals surface area contributed by atoms with E-state index in [0.717, 1.165) is 40.9 Å². The Balaban J connectivity index is 1.65. The SMILES string of the molecule is Cc1cccc2c1N=CC2=Cc1c(CCc2ccccc2)[nH][nH]c1=O. The predicted octanol–water partition coefficient (Wildman–Crippen LogP) is 4.05. The monoisotopic (exact) mass is 329 g/mol. The molecule has 0 unspecified atom stereocenters. The number of hydrogen-bond donors (Lipinski definition) is 2. The molecule has 0 fully saturated rings. The van der Waals surface area contributed by atoms with Crippen molar-refractivity contribution in [2.24, 2.45) is 4.99 Å². The van der Waals surface area contributed by atoms with Crippen LogP contribution in [0.4, 0.5) is 5.69 Å². The van der Waals surface area contributed by atoms with Gasteiger partial charge in [-0.25, -0.2) is 0 Å². The number of fused-ring (bicyclic) bond motifs is 1. The molecule has 0 saturated heterocycles. The van der Waals surface area contributed by atoms with Crippen molar-refractivity contribution in [1.82, 2.24) is 10.2 Å². The minimum Gasteiger partial charge on any atom is -0.302 e. The van der Waals surface area contributed by atoms with Crippen LogP contribution >= 0.6 is 0 Å². The van der Waals surface area contributed by atoms with Gasteiger partial charge in [0.2, 0.25) is 0 Å². The van der Waals surface area contributed by atoms with E-state index in [1.165, 1.54) is 5.56 Å². The van der Waals surface area contributed by atoms with Crippen LogP contribution in [-0.2, 0) is 12.8 Å². The van der Waals surface area contributed by atoms with Crippen LogP contribution < -0.4 is 5.56 Å². The summed E-state index contributed by atoms with van der Waals surface area (Å²) < 4.78 is 0. The van der Waals surface area contributed by atoms with Crippen LogP contribution in [0.1, 0.15) is 27.9 Å². The standard InChI is InChI=1S/C21H19N3O/c1-14-6-5-9-17-16(13-22-20(14)17)12-18-19(23-24-21(18)25)11-10-15-7-3-2-4-8-15/h2-9,12-13H,10-11H2,1H3,(H2,23,24,25). The summed E-state index contributed by atoms with van der Waals surface area (Å²) in [6.07, 6.45) is 5.43. The van der Waals surface area contributed by atoms with E-state index >= 15 is 0 Å². The van der Waals surface area contributed by atoms with Crippen LogP contribution in [0.2, 0.25) is 0 Å². The van der Waals surface area contributed by atoms with Gasteiger partial charge in [0, 0.05) is 23.0 Å². The molecule has 1 aliphatic rings. The Morgan fingerprint density at radius 1 is 1.00 bits per heavy atom. The van der Waals surface area contributed by atoms with E-state index in [2.05, 4.69) is 27.3 Å². The molecule has 0 radical (unpaired) electrons. The molecule has 4 heteroatoms. The van der Waals surface area contributed by atoms with Gasteiger partial charge in [-0.15, -0.1) is 0 Å². The van der Waals surface area contributed by atoms with E-state index in [-0.39, 0.29) is 5.56 Å². The Kier molecular flexibility index (Phi) is 3.94. The van der Waals surface area contributed by atoms with Crippen LogP contribution in [0.3, 0.4) is 0 Å². The van der Waals surface area contributed by atoms with Gasteiger partial charge < -0.3 is 5.10 Å². The molecule has 0 aliphatic carbocycles. The molecule has 1 aliphatic heterocycles. The summed E-state index contributed by atoms with van der Waals surface area (Å²) >= 11 is 0. The second-order valence-electron chi connectivity index (χ2n) is 6.29. The predicted molar refractivity (Wildman–Crippen MR) is 102 cm³/mol. The zero-order valence-electron chi connectivity index (χ0n) is 14.0. The molecule has 0 bridgehead atoms. The molecule has 0 atom stereocenters. The first-order valence-corrected chi connectivity index (χ1v) is 8.41. The Bertz CT molecular complexity index is 1020. The number of para-hydroxylation sites is 1. The molecule has 0 saturated carbocycles. The average Bonchev–Trinajstić information content (AvgIpc) is 3.20. The van der Waals surface area contributed by atoms with Crippen molar-refractivity contribution >= 4 is 23.6 Å². The molecule has 3 aromatic rings. The lowest BCUT2D eigenvalue weighted by Crippen LogP contribution is -2.03. The third kappa shape index (κ3) is 2.98. The van der Waals surface area contributed by atoms with Crippen LogP contribution in [0.25, 0.3) is 11.6 Å². The lowest BCUT2D eigenvalue weighted by Gasteiger charge is -2.03. The summed E-state index contributed by atoms with van der Waals surface area (Å²) in [7, 11) is 0. The highest BCUT2D eigenvalue weighted by atomic mass is 16.1. The second-order valence-corrected chi connectivity index (χ2v) is 6.29. The number of hydrogen-bond acceptors (Lipinski definition) is 2. The van der Waals surface area contributed by atoms with E-state index < -0.39 is 0 Å². The van der Waals surface area contributed by atoms with Crippen molar-refractivity contribution in [2.75, 3.05) is 0 Å². The Morgan fingerprint density at radius 3 is 2.68 bits per heavy atom. The fraction of sp³-hybridized carbons (Fsp3) is 0.143. The quantitative estimate of drug-likeness (QED) is 0.745. The molecule has 1 aromatic heterocycles. The van der Waals surface area contributed by atoms with Gasteiger partial charge in [-0.1, -0.05) is 48.5 Å². The van der Waals surface area contributed by atoms with Crippen molar-refractivity contribution in [3.8, 4) is 0 Å². The molecule has 4 rings (SSSR count). The Hall–Kier alpha value is -3.14. The minimum atomic E-state index is -0.0925. The molecule has 0 amide bonds. The van der Waals surface area contributed by atoms with Gasteiger partial charge in [-0.3, -0.25) is 14.9 Å². The molecule has 2 heterocycles. The van der Waals surface area contributed by atoms with E-state index in [9.17, 15) is 4.79 Å². The number of aryl methyl sites for hydroxylation is 3. The number of benzene rings is 2.